The third kappa shape index (κ3) is 1.55. The van der Waals surface area contributed by atoms with E-state index in [1.54, 1.807) is 0 Å². The number of hydrogen-bond acceptors (Lipinski definition) is 3. The van der Waals surface area contributed by atoms with Crippen LogP contribution in [-0.2, 0) is 10.3 Å². The van der Waals surface area contributed by atoms with E-state index in [-0.39, 0.29) is 6.04 Å². The molecule has 19 heavy (non-hydrogen) atoms. The van der Waals surface area contributed by atoms with Crippen LogP contribution in [0.3, 0.4) is 0 Å². The summed E-state index contributed by atoms with van der Waals surface area (Å²) in [5, 5.41) is 11.3. The van der Waals surface area contributed by atoms with E-state index in [9.17, 15) is 5.11 Å². The molecule has 1 heterocycles. The number of nitrogens with zero attached hydrogens (tertiary/aromatic N) is 1. The van der Waals surface area contributed by atoms with Crippen LogP contribution >= 0.6 is 0 Å². The Morgan fingerprint density at radius 1 is 1.16 bits per heavy atom. The highest BCUT2D eigenvalue weighted by molar-refractivity contribution is 5.49. The molecule has 0 aromatic heterocycles. The van der Waals surface area contributed by atoms with Gasteiger partial charge in [-0.25, -0.2) is 0 Å². The fourth-order valence-electron chi connectivity index (χ4n) is 4.39. The molecule has 0 bridgehead atoms. The zero-order valence-electron chi connectivity index (χ0n) is 11.2. The molecule has 1 aromatic carbocycles. The summed E-state index contributed by atoms with van der Waals surface area (Å²) < 4.78 is 5.45. The molecule has 3 heteroatoms. The lowest BCUT2D eigenvalue weighted by molar-refractivity contribution is -0.132. The topological polar surface area (TPSA) is 32.7 Å². The molecule has 0 spiro atoms. The molecule has 2 aliphatic carbocycles. The Bertz CT molecular complexity index is 483. The van der Waals surface area contributed by atoms with Crippen LogP contribution in [-0.4, -0.2) is 42.4 Å². The number of aliphatic hydroxyl groups is 1. The molecule has 1 saturated heterocycles. The molecule has 3 aliphatic rings. The quantitative estimate of drug-likeness (QED) is 0.835. The summed E-state index contributed by atoms with van der Waals surface area (Å²) >= 11 is 0. The standard InChI is InChI=1S/C16H21NO2/c18-16-13-5-2-1-4-12(13)14(16)6-3-7-15(16)17-8-10-19-11-9-17/h1-2,4-5,14-15,18H,3,6-11H2/t14-,15+,16-/m0/s1. The highest BCUT2D eigenvalue weighted by Gasteiger charge is 2.58. The molecular weight excluding hydrogens is 238 g/mol. The predicted molar refractivity (Wildman–Crippen MR) is 73.1 cm³/mol. The van der Waals surface area contributed by atoms with Crippen molar-refractivity contribution >= 4 is 0 Å². The molecule has 102 valence electrons. The molecule has 3 nitrogen and oxygen atoms in total. The average molecular weight is 259 g/mol. The number of fused-ring (bicyclic) bond motifs is 4. The lowest BCUT2D eigenvalue weighted by Crippen LogP contribution is -2.62. The van der Waals surface area contributed by atoms with Crippen molar-refractivity contribution in [1.82, 2.24) is 4.90 Å². The Balaban J connectivity index is 1.70. The molecule has 0 unspecified atom stereocenters. The van der Waals surface area contributed by atoms with Gasteiger partial charge < -0.3 is 9.84 Å². The van der Waals surface area contributed by atoms with Crippen LogP contribution in [0.4, 0.5) is 0 Å². The van der Waals surface area contributed by atoms with Gasteiger partial charge in [0, 0.05) is 25.0 Å². The maximum Gasteiger partial charge on any atom is 0.112 e. The van der Waals surface area contributed by atoms with E-state index in [2.05, 4.69) is 29.2 Å². The van der Waals surface area contributed by atoms with Crippen molar-refractivity contribution in [2.75, 3.05) is 26.3 Å². The van der Waals surface area contributed by atoms with E-state index in [1.165, 1.54) is 17.5 Å². The minimum absolute atomic E-state index is 0.282. The second-order valence-electron chi connectivity index (χ2n) is 6.06. The SMILES string of the molecule is O[C@@]12c3ccccc3[C@@H]1CCC[C@H]2N1CCOCC1. The molecule has 3 atom stereocenters. The molecule has 0 radical (unpaired) electrons. The fraction of sp³-hybridized carbons (Fsp3) is 0.625. The number of benzene rings is 1. The maximum absolute atomic E-state index is 11.3. The second kappa shape index (κ2) is 4.30. The molecule has 0 amide bonds. The van der Waals surface area contributed by atoms with E-state index in [1.807, 2.05) is 0 Å². The second-order valence-corrected chi connectivity index (χ2v) is 6.06. The van der Waals surface area contributed by atoms with Gasteiger partial charge in [-0.3, -0.25) is 4.90 Å². The highest BCUT2D eigenvalue weighted by Crippen LogP contribution is 2.58. The Kier molecular flexibility index (Phi) is 2.69. The number of ether oxygens (including phenoxy) is 1. The lowest BCUT2D eigenvalue weighted by atomic mass is 9.55. The summed E-state index contributed by atoms with van der Waals surface area (Å²) in [6.07, 6.45) is 3.47. The Morgan fingerprint density at radius 2 is 1.95 bits per heavy atom. The first-order chi connectivity index (χ1) is 9.32. The van der Waals surface area contributed by atoms with E-state index >= 15 is 0 Å². The van der Waals surface area contributed by atoms with Gasteiger partial charge in [0.1, 0.15) is 5.60 Å². The molecule has 2 fully saturated rings. The number of hydrogen-bond donors (Lipinski definition) is 1. The minimum Gasteiger partial charge on any atom is -0.383 e. The first-order valence-corrected chi connectivity index (χ1v) is 7.45. The van der Waals surface area contributed by atoms with Gasteiger partial charge in [-0.1, -0.05) is 30.7 Å². The van der Waals surface area contributed by atoms with Crippen LogP contribution < -0.4 is 0 Å². The van der Waals surface area contributed by atoms with E-state index < -0.39 is 5.60 Å². The first kappa shape index (κ1) is 11.9. The van der Waals surface area contributed by atoms with Gasteiger partial charge in [0.15, 0.2) is 0 Å². The molecule has 4 rings (SSSR count). The zero-order chi connectivity index (χ0) is 12.9. The van der Waals surface area contributed by atoms with Crippen LogP contribution in [0.15, 0.2) is 24.3 Å². The van der Waals surface area contributed by atoms with Gasteiger partial charge in [-0.15, -0.1) is 0 Å². The molecule has 1 aliphatic heterocycles. The first-order valence-electron chi connectivity index (χ1n) is 7.45. The molecular formula is C16H21NO2. The summed E-state index contributed by atoms with van der Waals surface area (Å²) in [4.78, 5) is 2.45. The normalized spacial score (nSPS) is 38.2. The van der Waals surface area contributed by atoms with Crippen molar-refractivity contribution in [1.29, 1.82) is 0 Å². The van der Waals surface area contributed by atoms with Crippen molar-refractivity contribution < 1.29 is 9.84 Å². The van der Waals surface area contributed by atoms with Gasteiger partial charge >= 0.3 is 0 Å². The number of rotatable bonds is 1. The zero-order valence-corrected chi connectivity index (χ0v) is 11.2. The van der Waals surface area contributed by atoms with Crippen LogP contribution in [0.1, 0.15) is 36.3 Å². The van der Waals surface area contributed by atoms with Crippen molar-refractivity contribution in [3.63, 3.8) is 0 Å². The molecule has 1 saturated carbocycles. The largest absolute Gasteiger partial charge is 0.383 e. The Morgan fingerprint density at radius 3 is 2.79 bits per heavy atom. The van der Waals surface area contributed by atoms with E-state index in [0.717, 1.165) is 39.1 Å². The third-order valence-corrected chi connectivity index (χ3v) is 5.26. The maximum atomic E-state index is 11.3. The van der Waals surface area contributed by atoms with Gasteiger partial charge in [0.05, 0.1) is 13.2 Å². The van der Waals surface area contributed by atoms with Crippen LogP contribution in [0.2, 0.25) is 0 Å². The van der Waals surface area contributed by atoms with Crippen LogP contribution in [0, 0.1) is 0 Å². The molecule has 1 aromatic rings. The minimum atomic E-state index is -0.605. The van der Waals surface area contributed by atoms with Crippen LogP contribution in [0.25, 0.3) is 0 Å². The Hall–Kier alpha value is -0.900. The third-order valence-electron chi connectivity index (χ3n) is 5.26. The van der Waals surface area contributed by atoms with Gasteiger partial charge in [-0.2, -0.15) is 0 Å². The summed E-state index contributed by atoms with van der Waals surface area (Å²) in [6.45, 7) is 3.53. The summed E-state index contributed by atoms with van der Waals surface area (Å²) in [5.41, 5.74) is 1.95. The number of morpholine rings is 1. The van der Waals surface area contributed by atoms with Crippen molar-refractivity contribution in [2.24, 2.45) is 0 Å². The average Bonchev–Trinajstić information content (AvgIpc) is 2.47. The fourth-order valence-corrected chi connectivity index (χ4v) is 4.39. The summed E-state index contributed by atoms with van der Waals surface area (Å²) in [6, 6.07) is 8.74. The van der Waals surface area contributed by atoms with Gasteiger partial charge in [0.25, 0.3) is 0 Å². The van der Waals surface area contributed by atoms with Crippen LogP contribution in [0.5, 0.6) is 0 Å². The monoisotopic (exact) mass is 259 g/mol. The van der Waals surface area contributed by atoms with Gasteiger partial charge in [-0.05, 0) is 24.0 Å². The van der Waals surface area contributed by atoms with Crippen molar-refractivity contribution in [3.8, 4) is 0 Å². The summed E-state index contributed by atoms with van der Waals surface area (Å²) in [7, 11) is 0. The Labute approximate surface area is 114 Å². The predicted octanol–water partition coefficient (Wildman–Crippen LogP) is 1.86. The van der Waals surface area contributed by atoms with Gasteiger partial charge in [0.2, 0.25) is 0 Å². The summed E-state index contributed by atoms with van der Waals surface area (Å²) in [5.74, 6) is 0.352. The van der Waals surface area contributed by atoms with Crippen molar-refractivity contribution in [2.45, 2.75) is 36.8 Å². The smallest absolute Gasteiger partial charge is 0.112 e. The highest BCUT2D eigenvalue weighted by atomic mass is 16.5. The van der Waals surface area contributed by atoms with E-state index in [4.69, 9.17) is 4.74 Å². The van der Waals surface area contributed by atoms with Crippen molar-refractivity contribution in [3.05, 3.63) is 35.4 Å². The van der Waals surface area contributed by atoms with E-state index in [0.29, 0.717) is 5.92 Å². The lowest BCUT2D eigenvalue weighted by Gasteiger charge is -2.58. The molecule has 1 N–H and O–H groups in total.